The molecule has 3 amide bonds. The quantitative estimate of drug-likeness (QED) is 0.154. The number of likely N-dealkylation sites (tertiary alicyclic amines) is 1. The molecule has 0 unspecified atom stereocenters. The normalized spacial score (nSPS) is 21.3. The largest absolute Gasteiger partial charge is 0.494 e. The number of hydrogen-bond donors (Lipinski definition) is 5. The molecule has 1 saturated carbocycles. The smallest absolute Gasteiger partial charge is 0.335 e. The summed E-state index contributed by atoms with van der Waals surface area (Å²) in [5, 5.41) is 23.7. The number of benzene rings is 1. The van der Waals surface area contributed by atoms with E-state index in [0.717, 1.165) is 11.3 Å². The van der Waals surface area contributed by atoms with Gasteiger partial charge in [-0.15, -0.1) is 11.3 Å². The van der Waals surface area contributed by atoms with Crippen molar-refractivity contribution in [3.8, 4) is 5.75 Å². The highest BCUT2D eigenvalue weighted by Crippen LogP contribution is 2.59. The van der Waals surface area contributed by atoms with Crippen LogP contribution in [0.4, 0.5) is 0 Å². The molecule has 11 nitrogen and oxygen atoms in total. The van der Waals surface area contributed by atoms with Crippen LogP contribution < -0.4 is 21.1 Å². The summed E-state index contributed by atoms with van der Waals surface area (Å²) in [4.78, 5) is 51.6. The summed E-state index contributed by atoms with van der Waals surface area (Å²) >= 11 is 1.40. The summed E-state index contributed by atoms with van der Waals surface area (Å²) in [6.45, 7) is 2.44. The Bertz CT molecular complexity index is 1250. The van der Waals surface area contributed by atoms with Crippen LogP contribution in [0.5, 0.6) is 5.75 Å². The lowest BCUT2D eigenvalue weighted by Gasteiger charge is -2.27. The minimum absolute atomic E-state index is 0.00498. The van der Waals surface area contributed by atoms with Gasteiger partial charge in [0.05, 0.1) is 25.3 Å². The molecule has 202 valence electrons. The molecule has 2 aromatic rings. The highest BCUT2D eigenvalue weighted by Gasteiger charge is 2.64. The summed E-state index contributed by atoms with van der Waals surface area (Å²) in [7, 11) is 0. The predicted molar refractivity (Wildman–Crippen MR) is 140 cm³/mol. The number of fused-ring (bicyclic) bond motifs is 1. The topological polar surface area (TPSA) is 175 Å². The molecule has 6 N–H and O–H groups in total. The number of piperidine rings is 1. The number of amidine groups is 1. The standard InChI is InChI=1S/C26H31N5O6S/c1-26-10-19(24(34)30-12-18-9-16(14-38-18)23(27)28)31(20(26)11-26)22(33)13-29-21(32)3-2-8-37-17-6-4-15(5-7-17)25(35)36/h4-7,9,14,19-20H,2-3,8,10-13H2,1H3,(H3,27,28)(H,29,32)(H,30,34)(H,35,36)/t19-,20-,26+/m0/s1. The van der Waals surface area contributed by atoms with Crippen molar-refractivity contribution in [2.45, 2.75) is 51.2 Å². The molecule has 1 saturated heterocycles. The van der Waals surface area contributed by atoms with Gasteiger partial charge in [-0.25, -0.2) is 4.79 Å². The zero-order valence-corrected chi connectivity index (χ0v) is 21.8. The molecule has 1 aliphatic heterocycles. The molecule has 0 bridgehead atoms. The molecule has 1 aromatic carbocycles. The van der Waals surface area contributed by atoms with Crippen LogP contribution in [0.1, 0.15) is 53.4 Å². The number of carbonyl (C=O) groups excluding carboxylic acids is 3. The SMILES string of the molecule is C[C@@]12C[C@@H]1N(C(=O)CNC(=O)CCCOc1ccc(C(=O)O)cc1)[C@H](C(=O)NCc1cc(C(=N)N)cs1)C2. The average molecular weight is 542 g/mol. The van der Waals surface area contributed by atoms with E-state index in [2.05, 4.69) is 17.6 Å². The number of amides is 3. The van der Waals surface area contributed by atoms with Gasteiger partial charge in [0, 0.05) is 28.3 Å². The van der Waals surface area contributed by atoms with E-state index in [1.807, 2.05) is 0 Å². The van der Waals surface area contributed by atoms with E-state index in [1.165, 1.54) is 23.5 Å². The van der Waals surface area contributed by atoms with Crippen LogP contribution in [0.15, 0.2) is 35.7 Å². The summed E-state index contributed by atoms with van der Waals surface area (Å²) in [5.74, 6) is -1.34. The summed E-state index contributed by atoms with van der Waals surface area (Å²) in [6.07, 6.45) is 2.00. The number of nitrogen functional groups attached to an aromatic ring is 1. The number of ether oxygens (including phenoxy) is 1. The van der Waals surface area contributed by atoms with Gasteiger partial charge in [0.2, 0.25) is 17.7 Å². The van der Waals surface area contributed by atoms with Crippen LogP contribution in [0.3, 0.4) is 0 Å². The average Bonchev–Trinajstić information content (AvgIpc) is 3.20. The molecule has 0 radical (unpaired) electrons. The second-order valence-electron chi connectivity index (χ2n) is 9.89. The Hall–Kier alpha value is -3.93. The Morgan fingerprint density at radius 1 is 1.18 bits per heavy atom. The van der Waals surface area contributed by atoms with Gasteiger partial charge in [-0.05, 0) is 55.0 Å². The number of thiophene rings is 1. The number of rotatable bonds is 12. The van der Waals surface area contributed by atoms with Crippen molar-refractivity contribution in [2.75, 3.05) is 13.2 Å². The fourth-order valence-electron chi connectivity index (χ4n) is 4.74. The molecular formula is C26H31N5O6S. The highest BCUT2D eigenvalue weighted by molar-refractivity contribution is 7.10. The van der Waals surface area contributed by atoms with Crippen LogP contribution in [0, 0.1) is 10.8 Å². The van der Waals surface area contributed by atoms with E-state index in [9.17, 15) is 19.2 Å². The molecule has 0 spiro atoms. The summed E-state index contributed by atoms with van der Waals surface area (Å²) in [6, 6.07) is 7.17. The van der Waals surface area contributed by atoms with E-state index in [4.69, 9.17) is 21.0 Å². The number of nitrogens with two attached hydrogens (primary N) is 1. The van der Waals surface area contributed by atoms with Crippen molar-refractivity contribution in [1.29, 1.82) is 5.41 Å². The highest BCUT2D eigenvalue weighted by atomic mass is 32.1. The monoisotopic (exact) mass is 541 g/mol. The molecule has 38 heavy (non-hydrogen) atoms. The van der Waals surface area contributed by atoms with Gasteiger partial charge >= 0.3 is 5.97 Å². The molecule has 1 aliphatic carbocycles. The van der Waals surface area contributed by atoms with Crippen molar-refractivity contribution in [3.63, 3.8) is 0 Å². The lowest BCUT2D eigenvalue weighted by Crippen LogP contribution is -2.50. The number of carboxylic acid groups (broad SMARTS) is 1. The van der Waals surface area contributed by atoms with E-state index in [-0.39, 0.29) is 60.1 Å². The molecule has 2 fully saturated rings. The van der Waals surface area contributed by atoms with Gasteiger partial charge in [0.25, 0.3) is 0 Å². The maximum Gasteiger partial charge on any atom is 0.335 e. The molecular weight excluding hydrogens is 510 g/mol. The van der Waals surface area contributed by atoms with Gasteiger partial charge in [-0.3, -0.25) is 19.8 Å². The van der Waals surface area contributed by atoms with E-state index in [1.54, 1.807) is 28.5 Å². The zero-order chi connectivity index (χ0) is 27.4. The van der Waals surface area contributed by atoms with Crippen molar-refractivity contribution >= 4 is 40.9 Å². The van der Waals surface area contributed by atoms with Crippen molar-refractivity contribution in [2.24, 2.45) is 11.1 Å². The molecule has 12 heteroatoms. The Morgan fingerprint density at radius 2 is 1.92 bits per heavy atom. The molecule has 3 atom stereocenters. The number of nitrogens with zero attached hydrogens (tertiary/aromatic N) is 1. The van der Waals surface area contributed by atoms with Crippen molar-refractivity contribution in [3.05, 3.63) is 51.7 Å². The first-order chi connectivity index (χ1) is 18.1. The second kappa shape index (κ2) is 11.2. The lowest BCUT2D eigenvalue weighted by molar-refractivity contribution is -0.140. The summed E-state index contributed by atoms with van der Waals surface area (Å²) in [5.41, 5.74) is 6.19. The number of hydrogen-bond acceptors (Lipinski definition) is 7. The predicted octanol–water partition coefficient (Wildman–Crippen LogP) is 1.70. The Morgan fingerprint density at radius 3 is 2.58 bits per heavy atom. The third-order valence-electron chi connectivity index (χ3n) is 6.98. The number of carboxylic acids is 1. The van der Waals surface area contributed by atoms with Crippen LogP contribution in [0.2, 0.25) is 0 Å². The Balaban J connectivity index is 1.20. The summed E-state index contributed by atoms with van der Waals surface area (Å²) < 4.78 is 5.53. The van der Waals surface area contributed by atoms with Gasteiger partial charge in [0.15, 0.2) is 0 Å². The zero-order valence-electron chi connectivity index (χ0n) is 21.0. The molecule has 1 aromatic heterocycles. The van der Waals surface area contributed by atoms with E-state index >= 15 is 0 Å². The maximum atomic E-state index is 13.0. The third-order valence-corrected chi connectivity index (χ3v) is 7.92. The van der Waals surface area contributed by atoms with Crippen molar-refractivity contribution in [1.82, 2.24) is 15.5 Å². The van der Waals surface area contributed by atoms with Crippen LogP contribution in [-0.2, 0) is 20.9 Å². The molecule has 2 aliphatic rings. The van der Waals surface area contributed by atoms with Crippen LogP contribution >= 0.6 is 11.3 Å². The van der Waals surface area contributed by atoms with Gasteiger partial charge < -0.3 is 31.1 Å². The minimum Gasteiger partial charge on any atom is -0.494 e. The fraction of sp³-hybridized carbons (Fsp3) is 0.423. The van der Waals surface area contributed by atoms with Gasteiger partial charge in [-0.2, -0.15) is 0 Å². The number of nitrogens with one attached hydrogen (secondary N) is 3. The van der Waals surface area contributed by atoms with E-state index < -0.39 is 12.0 Å². The van der Waals surface area contributed by atoms with Crippen LogP contribution in [-0.4, -0.2) is 64.8 Å². The number of carbonyl (C=O) groups is 4. The van der Waals surface area contributed by atoms with Gasteiger partial charge in [-0.1, -0.05) is 6.92 Å². The van der Waals surface area contributed by atoms with Gasteiger partial charge in [0.1, 0.15) is 17.6 Å². The third kappa shape index (κ3) is 6.31. The minimum atomic E-state index is -1.02. The fourth-order valence-corrected chi connectivity index (χ4v) is 5.56. The molecule has 2 heterocycles. The molecule has 4 rings (SSSR count). The van der Waals surface area contributed by atoms with Crippen LogP contribution in [0.25, 0.3) is 0 Å². The first kappa shape index (κ1) is 27.1. The van der Waals surface area contributed by atoms with Crippen molar-refractivity contribution < 1.29 is 29.0 Å². The first-order valence-corrected chi connectivity index (χ1v) is 13.2. The van der Waals surface area contributed by atoms with E-state index in [0.29, 0.717) is 30.7 Å². The number of aromatic carboxylic acids is 1. The first-order valence-electron chi connectivity index (χ1n) is 12.3. The Labute approximate surface area is 223 Å². The Kier molecular flexibility index (Phi) is 8.00. The maximum absolute atomic E-state index is 13.0. The second-order valence-corrected chi connectivity index (χ2v) is 10.9. The lowest BCUT2D eigenvalue weighted by atomic mass is 10.0.